The summed E-state index contributed by atoms with van der Waals surface area (Å²) in [7, 11) is 2.14. The van der Waals surface area contributed by atoms with Crippen LogP contribution in [-0.2, 0) is 4.79 Å². The second kappa shape index (κ2) is 10.3. The lowest BCUT2D eigenvalue weighted by atomic mass is 10.1. The summed E-state index contributed by atoms with van der Waals surface area (Å²) in [6.07, 6.45) is 12.8. The number of carbonyl (C=O) groups excluding carboxylic acids is 1. The smallest absolute Gasteiger partial charge is 0.262 e. The number of nitrogens with two attached hydrogens (primary N) is 1. The van der Waals surface area contributed by atoms with Crippen LogP contribution in [0.15, 0.2) is 41.8 Å². The van der Waals surface area contributed by atoms with Crippen LogP contribution in [-0.4, -0.2) is 82.2 Å². The summed E-state index contributed by atoms with van der Waals surface area (Å²) in [5.74, 6) is 1.83. The highest BCUT2D eigenvalue weighted by atomic mass is 32.2. The number of hydrogen-bond acceptors (Lipinski definition) is 7. The fourth-order valence-corrected chi connectivity index (χ4v) is 4.84. The minimum absolute atomic E-state index is 0.114. The van der Waals surface area contributed by atoms with Crippen LogP contribution in [0.25, 0.3) is 11.0 Å². The van der Waals surface area contributed by atoms with Crippen molar-refractivity contribution in [2.75, 3.05) is 50.4 Å². The molecule has 0 aliphatic carbocycles. The predicted molar refractivity (Wildman–Crippen MR) is 127 cm³/mol. The highest BCUT2D eigenvalue weighted by Gasteiger charge is 2.24. The number of carbonyl (C=O) groups is 1. The van der Waals surface area contributed by atoms with Crippen LogP contribution < -0.4 is 10.6 Å². The van der Waals surface area contributed by atoms with Gasteiger partial charge in [-0.1, -0.05) is 12.2 Å². The van der Waals surface area contributed by atoms with E-state index in [1.807, 2.05) is 23.4 Å². The van der Waals surface area contributed by atoms with Crippen molar-refractivity contribution in [3.05, 3.63) is 41.8 Å². The molecule has 1 amide bonds. The maximum atomic E-state index is 12.7. The first kappa shape index (κ1) is 21.9. The highest BCUT2D eigenvalue weighted by molar-refractivity contribution is 8.04. The number of H-pyrrole nitrogens is 1. The second-order valence-corrected chi connectivity index (χ2v) is 9.26. The lowest BCUT2D eigenvalue weighted by molar-refractivity contribution is -0.126. The summed E-state index contributed by atoms with van der Waals surface area (Å²) in [6.45, 7) is 4.69. The minimum Gasteiger partial charge on any atom is -0.346 e. The summed E-state index contributed by atoms with van der Waals surface area (Å²) in [5.41, 5.74) is 6.49. The molecule has 1 saturated heterocycles. The van der Waals surface area contributed by atoms with E-state index in [1.165, 1.54) is 25.9 Å². The standard InChI is InChI=1S/C16H17N5OS.C6H14N2/c22-16(20-6-2-1-3-7-20)13-10-21(8-9-23-13)15-12-4-5-17-14(12)18-11-19-15;1-8-4-2-6(7)3-5-8/h1-2,4-5,10-11H,3,6-9H2,(H,17,18,19);6H,2-5,7H2,1H3. The molecule has 0 bridgehead atoms. The van der Waals surface area contributed by atoms with Crippen LogP contribution in [0.3, 0.4) is 0 Å². The van der Waals surface area contributed by atoms with Gasteiger partial charge in [0, 0.05) is 43.8 Å². The van der Waals surface area contributed by atoms with Gasteiger partial charge in [-0.15, -0.1) is 11.8 Å². The maximum Gasteiger partial charge on any atom is 0.262 e. The van der Waals surface area contributed by atoms with Gasteiger partial charge < -0.3 is 25.4 Å². The lowest BCUT2D eigenvalue weighted by Gasteiger charge is -2.29. The molecule has 0 aromatic carbocycles. The number of fused-ring (bicyclic) bond motifs is 1. The number of aromatic nitrogens is 3. The number of aromatic amines is 1. The third-order valence-electron chi connectivity index (χ3n) is 5.79. The van der Waals surface area contributed by atoms with Crippen molar-refractivity contribution in [1.82, 2.24) is 24.8 Å². The number of anilines is 1. The summed E-state index contributed by atoms with van der Waals surface area (Å²) in [4.78, 5) is 31.5. The first-order chi connectivity index (χ1) is 15.1. The second-order valence-electron chi connectivity index (χ2n) is 8.12. The van der Waals surface area contributed by atoms with Crippen molar-refractivity contribution < 1.29 is 4.79 Å². The Hall–Kier alpha value is -2.36. The monoisotopic (exact) mass is 441 g/mol. The Labute approximate surface area is 187 Å². The van der Waals surface area contributed by atoms with Crippen LogP contribution in [0.1, 0.15) is 19.3 Å². The Balaban J connectivity index is 0.000000245. The Morgan fingerprint density at radius 2 is 2.03 bits per heavy atom. The van der Waals surface area contributed by atoms with Crippen molar-refractivity contribution in [3.8, 4) is 0 Å². The molecule has 0 atom stereocenters. The molecule has 0 unspecified atom stereocenters. The molecule has 166 valence electrons. The zero-order valence-corrected chi connectivity index (χ0v) is 18.9. The molecule has 5 heterocycles. The molecule has 3 N–H and O–H groups in total. The first-order valence-electron chi connectivity index (χ1n) is 10.9. The Kier molecular flexibility index (Phi) is 7.26. The number of likely N-dealkylation sites (tertiary alicyclic amines) is 1. The largest absolute Gasteiger partial charge is 0.346 e. The molecule has 0 spiro atoms. The van der Waals surface area contributed by atoms with Crippen molar-refractivity contribution in [2.24, 2.45) is 5.73 Å². The van der Waals surface area contributed by atoms with Gasteiger partial charge in [0.15, 0.2) is 0 Å². The first-order valence-corrected chi connectivity index (χ1v) is 11.9. The topological polar surface area (TPSA) is 94.4 Å². The molecule has 2 aromatic heterocycles. The highest BCUT2D eigenvalue weighted by Crippen LogP contribution is 2.30. The van der Waals surface area contributed by atoms with Crippen LogP contribution in [0.5, 0.6) is 0 Å². The van der Waals surface area contributed by atoms with Gasteiger partial charge in [0.2, 0.25) is 0 Å². The number of nitrogens with zero attached hydrogens (tertiary/aromatic N) is 5. The van der Waals surface area contributed by atoms with Gasteiger partial charge in [-0.3, -0.25) is 4.79 Å². The summed E-state index contributed by atoms with van der Waals surface area (Å²) < 4.78 is 0. The van der Waals surface area contributed by atoms with Gasteiger partial charge >= 0.3 is 0 Å². The molecular formula is C22H31N7OS. The zero-order chi connectivity index (χ0) is 21.6. The Bertz CT molecular complexity index is 938. The molecule has 5 rings (SSSR count). The molecule has 3 aliphatic heterocycles. The summed E-state index contributed by atoms with van der Waals surface area (Å²) in [5, 5.41) is 0.975. The third kappa shape index (κ3) is 5.47. The van der Waals surface area contributed by atoms with Crippen molar-refractivity contribution >= 4 is 34.5 Å². The average Bonchev–Trinajstić information content (AvgIpc) is 3.31. The fourth-order valence-electron chi connectivity index (χ4n) is 3.88. The molecule has 8 nitrogen and oxygen atoms in total. The van der Waals surface area contributed by atoms with Gasteiger partial charge in [-0.2, -0.15) is 0 Å². The average molecular weight is 442 g/mol. The van der Waals surface area contributed by atoms with Crippen molar-refractivity contribution in [1.29, 1.82) is 0 Å². The van der Waals surface area contributed by atoms with Gasteiger partial charge in [0.05, 0.1) is 10.3 Å². The number of thioether (sulfide) groups is 1. The summed E-state index contributed by atoms with van der Waals surface area (Å²) >= 11 is 1.62. The van der Waals surface area contributed by atoms with Crippen molar-refractivity contribution in [2.45, 2.75) is 25.3 Å². The third-order valence-corrected chi connectivity index (χ3v) is 6.76. The molecule has 9 heteroatoms. The zero-order valence-electron chi connectivity index (χ0n) is 18.0. The number of rotatable bonds is 2. The number of nitrogens with one attached hydrogen (secondary N) is 1. The van der Waals surface area contributed by atoms with Crippen LogP contribution in [0.4, 0.5) is 5.82 Å². The van der Waals surface area contributed by atoms with Gasteiger partial charge in [-0.25, -0.2) is 9.97 Å². The van der Waals surface area contributed by atoms with E-state index >= 15 is 0 Å². The van der Waals surface area contributed by atoms with E-state index in [4.69, 9.17) is 5.73 Å². The number of hydrogen-bond donors (Lipinski definition) is 2. The summed E-state index contributed by atoms with van der Waals surface area (Å²) in [6, 6.07) is 2.45. The number of piperidine rings is 1. The Morgan fingerprint density at radius 1 is 1.19 bits per heavy atom. The molecule has 1 fully saturated rings. The normalized spacial score (nSPS) is 20.4. The van der Waals surface area contributed by atoms with Crippen molar-refractivity contribution in [3.63, 3.8) is 0 Å². The van der Waals surface area contributed by atoms with Crippen LogP contribution in [0.2, 0.25) is 0 Å². The van der Waals surface area contributed by atoms with E-state index in [-0.39, 0.29) is 5.91 Å². The van der Waals surface area contributed by atoms with E-state index in [0.717, 1.165) is 47.0 Å². The Morgan fingerprint density at radius 3 is 2.77 bits per heavy atom. The van der Waals surface area contributed by atoms with E-state index in [2.05, 4.69) is 44.0 Å². The maximum absolute atomic E-state index is 12.7. The van der Waals surface area contributed by atoms with E-state index in [0.29, 0.717) is 12.6 Å². The van der Waals surface area contributed by atoms with E-state index in [9.17, 15) is 4.79 Å². The minimum atomic E-state index is 0.114. The molecule has 0 saturated carbocycles. The number of amides is 1. The molecular weight excluding hydrogens is 410 g/mol. The van der Waals surface area contributed by atoms with Crippen LogP contribution >= 0.6 is 11.8 Å². The van der Waals surface area contributed by atoms with Gasteiger partial charge in [-0.05, 0) is 45.5 Å². The van der Waals surface area contributed by atoms with Gasteiger partial charge in [0.25, 0.3) is 5.91 Å². The molecule has 2 aromatic rings. The molecule has 31 heavy (non-hydrogen) atoms. The quantitative estimate of drug-likeness (QED) is 0.690. The van der Waals surface area contributed by atoms with Gasteiger partial charge in [0.1, 0.15) is 17.8 Å². The molecule has 3 aliphatic rings. The van der Waals surface area contributed by atoms with E-state index < -0.39 is 0 Å². The fraction of sp³-hybridized carbons (Fsp3) is 0.500. The predicted octanol–water partition coefficient (Wildman–Crippen LogP) is 2.18. The van der Waals surface area contributed by atoms with E-state index in [1.54, 1.807) is 18.1 Å². The lowest BCUT2D eigenvalue weighted by Crippen LogP contribution is -2.37. The molecule has 0 radical (unpaired) electrons. The SMILES string of the molecule is CN1CCC(N)CC1.O=C(C1=CN(c2ncnc3[nH]ccc23)CCS1)N1CC=CCC1. The van der Waals surface area contributed by atoms with Crippen LogP contribution in [0, 0.1) is 0 Å².